The minimum Gasteiger partial charge on any atom is -0.466 e. The van der Waals surface area contributed by atoms with Gasteiger partial charge in [-0.15, -0.1) is 0 Å². The summed E-state index contributed by atoms with van der Waals surface area (Å²) in [7, 11) is 1.87. The van der Waals surface area contributed by atoms with Gasteiger partial charge in [0.05, 0.1) is 77.8 Å². The highest BCUT2D eigenvalue weighted by Gasteiger charge is 2.45. The lowest BCUT2D eigenvalue weighted by Crippen LogP contribution is -2.55. The minimum absolute atomic E-state index is 0.101. The number of esters is 2. The molecule has 560 valence electrons. The van der Waals surface area contributed by atoms with Gasteiger partial charge in [-0.1, -0.05) is 78.6 Å². The number of amides is 3. The van der Waals surface area contributed by atoms with Crippen LogP contribution in [-0.4, -0.2) is 247 Å². The van der Waals surface area contributed by atoms with Crippen LogP contribution < -0.4 is 21.3 Å². The molecule has 96 heavy (non-hydrogen) atoms. The second-order valence-corrected chi connectivity index (χ2v) is 26.3. The van der Waals surface area contributed by atoms with Crippen LogP contribution in [0.5, 0.6) is 0 Å². The normalized spacial score (nSPS) is 26.5. The quantitative estimate of drug-likeness (QED) is 0.0235. The largest absolute Gasteiger partial charge is 0.466 e. The number of hydrogen-bond donors (Lipinski definition) is 13. The van der Waals surface area contributed by atoms with Gasteiger partial charge in [-0.25, -0.2) is 4.79 Å². The molecule has 3 fully saturated rings. The molecule has 0 radical (unpaired) electrons. The van der Waals surface area contributed by atoms with Crippen molar-refractivity contribution in [2.45, 2.75) is 293 Å². The Morgan fingerprint density at radius 3 is 1.04 bits per heavy atom. The zero-order valence-corrected chi connectivity index (χ0v) is 58.0. The number of Topliss-reactive ketones (excluding diaryl/α,β-unsaturated/α-hetero) is 1. The van der Waals surface area contributed by atoms with Crippen LogP contribution in [0.4, 0.5) is 4.79 Å². The van der Waals surface area contributed by atoms with Gasteiger partial charge in [0.15, 0.2) is 18.9 Å². The molecule has 15 atom stereocenters. The van der Waals surface area contributed by atoms with Crippen LogP contribution in [0.1, 0.15) is 213 Å². The number of carbonyl (C=O) groups is 6. The highest BCUT2D eigenvalue weighted by atomic mass is 16.7. The summed E-state index contributed by atoms with van der Waals surface area (Å²) in [6.45, 7) is 6.60. The standard InChI is InChI=1S/C68H124N4O24/c1-47-58(81)61(84)51(44-73)94-64(47)90-38-20-27-50(76)26-14-8-5-13-19-37-72-67(87)93-43-25-34-68(69-4,32-23-41-88-56(79)30-15-9-6-11-17-35-70-54(77)28-21-39-91-65-48(2)59(82)62(85)52(45-74)95-65)33-24-42-89-57(80)31-16-10-7-12-18-36-71-55(78)29-22-40-92-66-49(3)60(83)63(86)53(46-75)96-66/h47-49,51-53,58-66,69,73-75,81-86H,5-46H2,1-4H3,(H,70,77)(H,71,78)(H,72,87). The van der Waals surface area contributed by atoms with Gasteiger partial charge >= 0.3 is 18.0 Å². The number of aliphatic hydroxyl groups excluding tert-OH is 9. The van der Waals surface area contributed by atoms with E-state index in [-0.39, 0.29) is 82.0 Å². The number of rotatable bonds is 55. The summed E-state index contributed by atoms with van der Waals surface area (Å²) in [6, 6.07) is 0. The lowest BCUT2D eigenvalue weighted by Gasteiger charge is -2.40. The summed E-state index contributed by atoms with van der Waals surface area (Å²) in [5.41, 5.74) is -0.414. The molecular formula is C68H124N4O24. The van der Waals surface area contributed by atoms with Crippen molar-refractivity contribution in [1.82, 2.24) is 21.3 Å². The van der Waals surface area contributed by atoms with Gasteiger partial charge in [0.25, 0.3) is 0 Å². The molecule has 3 aliphatic rings. The van der Waals surface area contributed by atoms with Crippen molar-refractivity contribution >= 4 is 35.6 Å². The molecular weight excluding hydrogens is 1260 g/mol. The third-order valence-corrected chi connectivity index (χ3v) is 18.5. The topological polar surface area (TPSA) is 416 Å². The first-order chi connectivity index (χ1) is 46.2. The van der Waals surface area contributed by atoms with E-state index in [0.29, 0.717) is 116 Å². The molecule has 3 aliphatic heterocycles. The van der Waals surface area contributed by atoms with Crippen molar-refractivity contribution in [2.75, 3.05) is 86.1 Å². The van der Waals surface area contributed by atoms with Crippen LogP contribution in [0.15, 0.2) is 0 Å². The number of aliphatic hydroxyl groups is 9. The molecule has 0 aromatic heterocycles. The van der Waals surface area contributed by atoms with Gasteiger partial charge in [-0.3, -0.25) is 24.0 Å². The first-order valence-corrected chi connectivity index (χ1v) is 35.9. The second-order valence-electron chi connectivity index (χ2n) is 26.3. The molecule has 3 heterocycles. The highest BCUT2D eigenvalue weighted by molar-refractivity contribution is 5.78. The lowest BCUT2D eigenvalue weighted by atomic mass is 9.84. The van der Waals surface area contributed by atoms with E-state index >= 15 is 0 Å². The van der Waals surface area contributed by atoms with Crippen LogP contribution in [0, 0.1) is 17.8 Å². The van der Waals surface area contributed by atoms with Crippen LogP contribution in [0.25, 0.3) is 0 Å². The Hall–Kier alpha value is -3.82. The van der Waals surface area contributed by atoms with Gasteiger partial charge in [0.1, 0.15) is 42.4 Å². The van der Waals surface area contributed by atoms with E-state index < -0.39 is 123 Å². The molecule has 0 saturated carbocycles. The maximum absolute atomic E-state index is 12.7. The Balaban J connectivity index is 1.28. The zero-order chi connectivity index (χ0) is 70.5. The average Bonchev–Trinajstić information content (AvgIpc) is 0.883. The number of unbranched alkanes of at least 4 members (excludes halogenated alkanes) is 12. The van der Waals surface area contributed by atoms with E-state index in [0.717, 1.165) is 83.5 Å². The summed E-state index contributed by atoms with van der Waals surface area (Å²) in [5.74, 6) is -2.08. The smallest absolute Gasteiger partial charge is 0.407 e. The summed E-state index contributed by atoms with van der Waals surface area (Å²) in [4.78, 5) is 75.2. The van der Waals surface area contributed by atoms with E-state index in [1.807, 2.05) is 7.05 Å². The second kappa shape index (κ2) is 51.3. The van der Waals surface area contributed by atoms with Crippen LogP contribution >= 0.6 is 0 Å². The van der Waals surface area contributed by atoms with Crippen molar-refractivity contribution < 1.29 is 117 Å². The maximum Gasteiger partial charge on any atom is 0.407 e. The summed E-state index contributed by atoms with van der Waals surface area (Å²) >= 11 is 0. The Bertz CT molecular complexity index is 1880. The van der Waals surface area contributed by atoms with Gasteiger partial charge in [0.2, 0.25) is 11.8 Å². The van der Waals surface area contributed by atoms with Crippen molar-refractivity contribution in [3.63, 3.8) is 0 Å². The van der Waals surface area contributed by atoms with E-state index in [1.54, 1.807) is 20.8 Å². The van der Waals surface area contributed by atoms with Crippen molar-refractivity contribution in [1.29, 1.82) is 0 Å². The van der Waals surface area contributed by atoms with Crippen molar-refractivity contribution in [3.05, 3.63) is 0 Å². The first-order valence-electron chi connectivity index (χ1n) is 35.9. The molecule has 3 saturated heterocycles. The molecule has 0 bridgehead atoms. The number of ketones is 1. The first kappa shape index (κ1) is 86.4. The highest BCUT2D eigenvalue weighted by Crippen LogP contribution is 2.31. The fourth-order valence-corrected chi connectivity index (χ4v) is 12.1. The van der Waals surface area contributed by atoms with Gasteiger partial charge in [-0.05, 0) is 103 Å². The molecule has 28 nitrogen and oxygen atoms in total. The van der Waals surface area contributed by atoms with Crippen molar-refractivity contribution in [3.8, 4) is 0 Å². The molecule has 0 aromatic rings. The Kier molecular flexibility index (Phi) is 46.2. The maximum atomic E-state index is 12.7. The molecule has 0 aromatic carbocycles. The average molecular weight is 1380 g/mol. The number of hydrogen-bond acceptors (Lipinski definition) is 25. The predicted molar refractivity (Wildman–Crippen MR) is 351 cm³/mol. The molecule has 28 heteroatoms. The van der Waals surface area contributed by atoms with E-state index in [4.69, 9.17) is 42.6 Å². The van der Waals surface area contributed by atoms with Crippen LogP contribution in [-0.2, 0) is 66.6 Å². The van der Waals surface area contributed by atoms with E-state index in [9.17, 15) is 74.7 Å². The molecule has 0 spiro atoms. The van der Waals surface area contributed by atoms with Gasteiger partial charge < -0.3 is 110 Å². The lowest BCUT2D eigenvalue weighted by molar-refractivity contribution is -0.282. The van der Waals surface area contributed by atoms with Gasteiger partial charge in [-0.2, -0.15) is 0 Å². The van der Waals surface area contributed by atoms with Gasteiger partial charge in [0, 0.05) is 81.5 Å². The number of ether oxygens (including phenoxy) is 9. The van der Waals surface area contributed by atoms with Crippen LogP contribution in [0.3, 0.4) is 0 Å². The third-order valence-electron chi connectivity index (χ3n) is 18.5. The predicted octanol–water partition coefficient (Wildman–Crippen LogP) is 3.54. The summed E-state index contributed by atoms with van der Waals surface area (Å²) in [5, 5.41) is 101. The SMILES string of the molecule is CNC(CCCOC(=O)CCCCCCCNC(=O)CCCOC1OC(CO)C(O)C(O)C1C)(CCCOC(=O)CCCCCCCNC(=O)CCCOC1OC(CO)C(O)C(O)C1C)CCCOC(=O)NCCCCCCCC(=O)CCCOC1OC(CO)C(O)C(O)C1C. The fourth-order valence-electron chi connectivity index (χ4n) is 12.1. The summed E-state index contributed by atoms with van der Waals surface area (Å²) < 4.78 is 50.6. The van der Waals surface area contributed by atoms with Crippen LogP contribution in [0.2, 0.25) is 0 Å². The Labute approximate surface area is 569 Å². The Morgan fingerprint density at radius 1 is 0.365 bits per heavy atom. The molecule has 3 rings (SSSR count). The third kappa shape index (κ3) is 35.0. The number of carbonyl (C=O) groups excluding carboxylic acids is 6. The molecule has 0 aliphatic carbocycles. The zero-order valence-electron chi connectivity index (χ0n) is 58.0. The molecule has 15 unspecified atom stereocenters. The minimum atomic E-state index is -1.20. The molecule has 3 amide bonds. The van der Waals surface area contributed by atoms with E-state index in [2.05, 4.69) is 21.3 Å². The fraction of sp³-hybridized carbons (Fsp3) is 0.912. The monoisotopic (exact) mass is 1380 g/mol. The summed E-state index contributed by atoms with van der Waals surface area (Å²) in [6.07, 6.45) is 6.88. The van der Waals surface area contributed by atoms with E-state index in [1.165, 1.54) is 0 Å². The number of alkyl carbamates (subject to hydrolysis) is 1. The van der Waals surface area contributed by atoms with Crippen molar-refractivity contribution in [2.24, 2.45) is 17.8 Å². The molecule has 13 N–H and O–H groups in total. The Morgan fingerprint density at radius 2 is 0.677 bits per heavy atom. The number of nitrogens with one attached hydrogen (secondary N) is 4.